The highest BCUT2D eigenvalue weighted by Gasteiger charge is 2.60. The van der Waals surface area contributed by atoms with Crippen LogP contribution in [0.15, 0.2) is 0 Å². The van der Waals surface area contributed by atoms with Crippen molar-refractivity contribution in [1.82, 2.24) is 0 Å². The first-order chi connectivity index (χ1) is 9.95. The van der Waals surface area contributed by atoms with Gasteiger partial charge in [-0.05, 0) is 80.5 Å². The summed E-state index contributed by atoms with van der Waals surface area (Å²) in [5, 5.41) is 0.418. The minimum absolute atomic E-state index is 0.0358. The van der Waals surface area contributed by atoms with Crippen LogP contribution < -0.4 is 0 Å². The van der Waals surface area contributed by atoms with Gasteiger partial charge in [-0.2, -0.15) is 0 Å². The van der Waals surface area contributed by atoms with E-state index >= 15 is 0 Å². The van der Waals surface area contributed by atoms with E-state index in [1.807, 2.05) is 0 Å². The van der Waals surface area contributed by atoms with Crippen LogP contribution in [0.3, 0.4) is 0 Å². The van der Waals surface area contributed by atoms with E-state index in [2.05, 4.69) is 13.8 Å². The lowest BCUT2D eigenvalue weighted by Crippen LogP contribution is -2.53. The molecule has 4 aliphatic rings. The van der Waals surface area contributed by atoms with Crippen LogP contribution in [-0.4, -0.2) is 11.2 Å². The van der Waals surface area contributed by atoms with E-state index in [1.165, 1.54) is 44.9 Å². The van der Waals surface area contributed by atoms with Gasteiger partial charge in [-0.3, -0.25) is 4.79 Å². The molecule has 0 aromatic rings. The highest BCUT2D eigenvalue weighted by atomic mass is 35.5. The molecule has 4 aliphatic carbocycles. The molecule has 7 atom stereocenters. The zero-order valence-electron chi connectivity index (χ0n) is 13.5. The summed E-state index contributed by atoms with van der Waals surface area (Å²) in [6, 6.07) is 0. The SMILES string of the molecule is C[C@]12CC[C@H](Cl)C[C@@H]1CC[C@H]1[C@H]2CC[C@@]2(C)C(=O)CC[C@H]12. The zero-order valence-corrected chi connectivity index (χ0v) is 14.3. The van der Waals surface area contributed by atoms with Crippen molar-refractivity contribution in [1.29, 1.82) is 0 Å². The largest absolute Gasteiger partial charge is 0.299 e. The smallest absolute Gasteiger partial charge is 0.139 e. The summed E-state index contributed by atoms with van der Waals surface area (Å²) in [5.74, 6) is 3.79. The molecule has 0 saturated heterocycles. The molecule has 0 spiro atoms. The van der Waals surface area contributed by atoms with Crippen molar-refractivity contribution < 1.29 is 4.79 Å². The summed E-state index contributed by atoms with van der Waals surface area (Å²) in [6.07, 6.45) is 11.0. The van der Waals surface area contributed by atoms with Gasteiger partial charge in [-0.25, -0.2) is 0 Å². The molecule has 4 saturated carbocycles. The molecule has 0 unspecified atom stereocenters. The molecule has 0 amide bonds. The summed E-state index contributed by atoms with van der Waals surface area (Å²) in [6.45, 7) is 4.85. The maximum Gasteiger partial charge on any atom is 0.139 e. The lowest BCUT2D eigenvalue weighted by Gasteiger charge is -2.60. The first-order valence-electron chi connectivity index (χ1n) is 9.12. The van der Waals surface area contributed by atoms with Crippen LogP contribution in [0.25, 0.3) is 0 Å². The quantitative estimate of drug-likeness (QED) is 0.562. The van der Waals surface area contributed by atoms with Gasteiger partial charge in [-0.15, -0.1) is 11.6 Å². The van der Waals surface area contributed by atoms with Gasteiger partial charge >= 0.3 is 0 Å². The highest BCUT2D eigenvalue weighted by molar-refractivity contribution is 6.20. The summed E-state index contributed by atoms with van der Waals surface area (Å²) in [4.78, 5) is 12.4. The Kier molecular flexibility index (Phi) is 3.27. The molecular weight excluding hydrogens is 280 g/mol. The number of halogens is 1. The van der Waals surface area contributed by atoms with Gasteiger partial charge in [0.05, 0.1) is 0 Å². The van der Waals surface area contributed by atoms with Gasteiger partial charge in [0.1, 0.15) is 5.78 Å². The van der Waals surface area contributed by atoms with Crippen LogP contribution >= 0.6 is 11.6 Å². The molecule has 4 fully saturated rings. The molecule has 1 nitrogen and oxygen atoms in total. The van der Waals surface area contributed by atoms with Crippen molar-refractivity contribution in [3.8, 4) is 0 Å². The molecule has 0 aromatic heterocycles. The first kappa shape index (κ1) is 14.5. The standard InChI is InChI=1S/C19H29ClO/c1-18-9-7-13(20)11-12(18)3-4-14-15-5-6-17(21)19(15,2)10-8-16(14)18/h12-16H,3-11H2,1-2H3/t12-,13-,14+,15+,16+,18-,19+/m0/s1. The zero-order chi connectivity index (χ0) is 14.8. The van der Waals surface area contributed by atoms with E-state index in [0.29, 0.717) is 22.5 Å². The number of ketones is 1. The fourth-order valence-electron chi connectivity index (χ4n) is 6.98. The molecule has 0 aromatic carbocycles. The number of alkyl halides is 1. The molecular formula is C19H29ClO. The van der Waals surface area contributed by atoms with Crippen molar-refractivity contribution in [2.24, 2.45) is 34.5 Å². The number of hydrogen-bond donors (Lipinski definition) is 0. The Hall–Kier alpha value is -0.0400. The average Bonchev–Trinajstić information content (AvgIpc) is 2.76. The topological polar surface area (TPSA) is 17.1 Å². The Morgan fingerprint density at radius 2 is 1.81 bits per heavy atom. The van der Waals surface area contributed by atoms with Gasteiger partial charge in [0.15, 0.2) is 0 Å². The first-order valence-corrected chi connectivity index (χ1v) is 9.56. The summed E-state index contributed by atoms with van der Waals surface area (Å²) in [5.41, 5.74) is 0.551. The number of fused-ring (bicyclic) bond motifs is 5. The molecule has 0 bridgehead atoms. The normalized spacial score (nSPS) is 56.5. The van der Waals surface area contributed by atoms with Crippen molar-refractivity contribution in [3.63, 3.8) is 0 Å². The third-order valence-electron chi connectivity index (χ3n) is 8.31. The number of rotatable bonds is 0. The molecule has 21 heavy (non-hydrogen) atoms. The third-order valence-corrected chi connectivity index (χ3v) is 8.71. The Morgan fingerprint density at radius 3 is 2.62 bits per heavy atom. The fourth-order valence-corrected chi connectivity index (χ4v) is 7.30. The van der Waals surface area contributed by atoms with Crippen LogP contribution in [0.1, 0.15) is 71.6 Å². The molecule has 0 N–H and O–H groups in total. The second-order valence-electron chi connectivity index (χ2n) is 8.95. The second kappa shape index (κ2) is 4.73. The molecule has 0 radical (unpaired) electrons. The van der Waals surface area contributed by atoms with Crippen LogP contribution in [-0.2, 0) is 4.79 Å². The Labute approximate surface area is 134 Å². The molecule has 2 heteroatoms. The van der Waals surface area contributed by atoms with E-state index < -0.39 is 0 Å². The summed E-state index contributed by atoms with van der Waals surface area (Å²) >= 11 is 6.46. The Balaban J connectivity index is 1.64. The number of hydrogen-bond acceptors (Lipinski definition) is 1. The van der Waals surface area contributed by atoms with Crippen molar-refractivity contribution in [3.05, 3.63) is 0 Å². The van der Waals surface area contributed by atoms with Crippen LogP contribution in [0.4, 0.5) is 0 Å². The number of Topliss-reactive ketones (excluding diaryl/α,β-unsaturated/α-hetero) is 1. The lowest BCUT2D eigenvalue weighted by atomic mass is 9.45. The van der Waals surface area contributed by atoms with E-state index in [-0.39, 0.29) is 5.41 Å². The third kappa shape index (κ3) is 1.92. The van der Waals surface area contributed by atoms with E-state index in [0.717, 1.165) is 30.6 Å². The Bertz CT molecular complexity index is 460. The van der Waals surface area contributed by atoms with Crippen LogP contribution in [0, 0.1) is 34.5 Å². The van der Waals surface area contributed by atoms with E-state index in [9.17, 15) is 4.79 Å². The monoisotopic (exact) mass is 308 g/mol. The van der Waals surface area contributed by atoms with E-state index in [4.69, 9.17) is 11.6 Å². The van der Waals surface area contributed by atoms with Gasteiger partial charge in [0, 0.05) is 17.2 Å². The minimum Gasteiger partial charge on any atom is -0.299 e. The second-order valence-corrected chi connectivity index (χ2v) is 9.56. The minimum atomic E-state index is 0.0358. The van der Waals surface area contributed by atoms with Crippen molar-refractivity contribution >= 4 is 17.4 Å². The molecule has 4 rings (SSSR count). The number of carbonyl (C=O) groups excluding carboxylic acids is 1. The van der Waals surface area contributed by atoms with Crippen LogP contribution in [0.2, 0.25) is 0 Å². The van der Waals surface area contributed by atoms with E-state index in [1.54, 1.807) is 0 Å². The maximum atomic E-state index is 12.4. The average molecular weight is 309 g/mol. The molecule has 0 aliphatic heterocycles. The molecule has 118 valence electrons. The van der Waals surface area contributed by atoms with Crippen LogP contribution in [0.5, 0.6) is 0 Å². The molecule has 0 heterocycles. The van der Waals surface area contributed by atoms with Gasteiger partial charge in [0.25, 0.3) is 0 Å². The predicted molar refractivity (Wildman–Crippen MR) is 86.4 cm³/mol. The summed E-state index contributed by atoms with van der Waals surface area (Å²) < 4.78 is 0. The summed E-state index contributed by atoms with van der Waals surface area (Å²) in [7, 11) is 0. The van der Waals surface area contributed by atoms with Crippen molar-refractivity contribution in [2.45, 2.75) is 77.0 Å². The van der Waals surface area contributed by atoms with Crippen molar-refractivity contribution in [2.75, 3.05) is 0 Å². The maximum absolute atomic E-state index is 12.4. The van der Waals surface area contributed by atoms with Gasteiger partial charge in [0.2, 0.25) is 0 Å². The Morgan fingerprint density at radius 1 is 1.00 bits per heavy atom. The number of carbonyl (C=O) groups is 1. The van der Waals surface area contributed by atoms with Gasteiger partial charge in [-0.1, -0.05) is 13.8 Å². The lowest BCUT2D eigenvalue weighted by molar-refractivity contribution is -0.138. The fraction of sp³-hybridized carbons (Fsp3) is 0.947. The highest BCUT2D eigenvalue weighted by Crippen LogP contribution is 2.65. The predicted octanol–water partition coefficient (Wildman–Crippen LogP) is 5.21. The van der Waals surface area contributed by atoms with Gasteiger partial charge < -0.3 is 0 Å².